The van der Waals surface area contributed by atoms with Gasteiger partial charge in [-0.05, 0) is 25.5 Å². The summed E-state index contributed by atoms with van der Waals surface area (Å²) >= 11 is 0. The number of hydrogen-bond donors (Lipinski definition) is 1. The second-order valence-electron chi connectivity index (χ2n) is 5.46. The molecule has 3 atom stereocenters. The van der Waals surface area contributed by atoms with E-state index in [0.717, 1.165) is 31.2 Å². The molecular formula is C15H23NO3S. The van der Waals surface area contributed by atoms with Crippen LogP contribution in [-0.2, 0) is 10.0 Å². The molecule has 4 nitrogen and oxygen atoms in total. The lowest BCUT2D eigenvalue weighted by Gasteiger charge is -2.07. The highest BCUT2D eigenvalue weighted by Crippen LogP contribution is 2.38. The van der Waals surface area contributed by atoms with Crippen molar-refractivity contribution in [3.05, 3.63) is 29.8 Å². The van der Waals surface area contributed by atoms with Gasteiger partial charge in [-0.3, -0.25) is 0 Å². The van der Waals surface area contributed by atoms with E-state index in [4.69, 9.17) is 0 Å². The topological polar surface area (TPSA) is 57.4 Å². The van der Waals surface area contributed by atoms with Crippen LogP contribution in [0.4, 0.5) is 0 Å². The summed E-state index contributed by atoms with van der Waals surface area (Å²) in [5, 5.41) is 9.35. The average Bonchev–Trinajstić information content (AvgIpc) is 3.14. The third-order valence-corrected chi connectivity index (χ3v) is 5.86. The zero-order valence-corrected chi connectivity index (χ0v) is 12.9. The molecule has 0 aliphatic carbocycles. The summed E-state index contributed by atoms with van der Waals surface area (Å²) in [6.07, 6.45) is 4.07. The van der Waals surface area contributed by atoms with Crippen molar-refractivity contribution in [1.29, 1.82) is 0 Å². The van der Waals surface area contributed by atoms with Gasteiger partial charge in [-0.2, -0.15) is 4.31 Å². The first-order valence-electron chi connectivity index (χ1n) is 7.23. The molecular weight excluding hydrogens is 274 g/mol. The minimum absolute atomic E-state index is 0.0298. The van der Waals surface area contributed by atoms with Gasteiger partial charge in [-0.15, -0.1) is 0 Å². The average molecular weight is 297 g/mol. The van der Waals surface area contributed by atoms with E-state index in [9.17, 15) is 13.5 Å². The largest absolute Gasteiger partial charge is 0.395 e. The summed E-state index contributed by atoms with van der Waals surface area (Å²) in [7, 11) is -3.46. The van der Waals surface area contributed by atoms with Crippen LogP contribution in [-0.4, -0.2) is 36.5 Å². The molecule has 1 heterocycles. The molecule has 0 bridgehead atoms. The van der Waals surface area contributed by atoms with Gasteiger partial charge in [0, 0.05) is 6.04 Å². The predicted molar refractivity (Wildman–Crippen MR) is 79.0 cm³/mol. The SMILES string of the molecule is CCCCC[C@@H]1[C@@H](CO)N1S(=O)(=O)c1ccc(C)cc1. The van der Waals surface area contributed by atoms with Crippen molar-refractivity contribution in [1.82, 2.24) is 4.31 Å². The fraction of sp³-hybridized carbons (Fsp3) is 0.600. The van der Waals surface area contributed by atoms with Crippen LogP contribution in [0, 0.1) is 6.92 Å². The van der Waals surface area contributed by atoms with Crippen molar-refractivity contribution in [3.63, 3.8) is 0 Å². The summed E-state index contributed by atoms with van der Waals surface area (Å²) in [5.41, 5.74) is 1.04. The van der Waals surface area contributed by atoms with E-state index < -0.39 is 10.0 Å². The normalized spacial score (nSPS) is 25.6. The van der Waals surface area contributed by atoms with Gasteiger partial charge in [-0.25, -0.2) is 8.42 Å². The number of sulfonamides is 1. The zero-order valence-electron chi connectivity index (χ0n) is 12.1. The third kappa shape index (κ3) is 3.05. The second kappa shape index (κ2) is 6.24. The fourth-order valence-electron chi connectivity index (χ4n) is 2.62. The number of nitrogens with zero attached hydrogens (tertiary/aromatic N) is 1. The molecule has 0 amide bonds. The maximum atomic E-state index is 12.5. The molecule has 0 saturated carbocycles. The molecule has 1 aromatic carbocycles. The third-order valence-electron chi connectivity index (χ3n) is 3.90. The van der Waals surface area contributed by atoms with E-state index in [-0.39, 0.29) is 18.7 Å². The Morgan fingerprint density at radius 3 is 2.35 bits per heavy atom. The Morgan fingerprint density at radius 2 is 1.80 bits per heavy atom. The van der Waals surface area contributed by atoms with E-state index in [1.165, 1.54) is 4.31 Å². The standard InChI is InChI=1S/C15H23NO3S/c1-3-4-5-6-14-15(11-17)16(14)20(18,19)13-9-7-12(2)8-10-13/h7-10,14-15,17H,3-6,11H2,1-2H3/t14-,15-,16?/m1/s1. The van der Waals surface area contributed by atoms with Crippen LogP contribution in [0.3, 0.4) is 0 Å². The van der Waals surface area contributed by atoms with Crippen LogP contribution in [0.15, 0.2) is 29.2 Å². The van der Waals surface area contributed by atoms with Gasteiger partial charge >= 0.3 is 0 Å². The molecule has 0 aromatic heterocycles. The summed E-state index contributed by atoms with van der Waals surface area (Å²) in [6.45, 7) is 3.96. The number of hydrogen-bond acceptors (Lipinski definition) is 3. The molecule has 112 valence electrons. The van der Waals surface area contributed by atoms with Crippen molar-refractivity contribution in [2.45, 2.75) is 56.5 Å². The molecule has 0 radical (unpaired) electrons. The lowest BCUT2D eigenvalue weighted by Crippen LogP contribution is -2.17. The summed E-state index contributed by atoms with van der Waals surface area (Å²) in [5.74, 6) is 0. The molecule has 1 aromatic rings. The van der Waals surface area contributed by atoms with Crippen molar-refractivity contribution >= 4 is 10.0 Å². The van der Waals surface area contributed by atoms with Crippen LogP contribution >= 0.6 is 0 Å². The van der Waals surface area contributed by atoms with Crippen molar-refractivity contribution < 1.29 is 13.5 Å². The fourth-order valence-corrected chi connectivity index (χ4v) is 4.46. The molecule has 1 aliphatic heterocycles. The Labute approximate surface area is 121 Å². The molecule has 0 spiro atoms. The maximum Gasteiger partial charge on any atom is 0.243 e. The van der Waals surface area contributed by atoms with Crippen molar-refractivity contribution in [2.75, 3.05) is 6.61 Å². The number of aliphatic hydroxyl groups excluding tert-OH is 1. The number of aliphatic hydroxyl groups is 1. The summed E-state index contributed by atoms with van der Waals surface area (Å²) in [4.78, 5) is 0.319. The molecule has 1 N–H and O–H groups in total. The molecule has 20 heavy (non-hydrogen) atoms. The molecule has 1 fully saturated rings. The molecule has 5 heteroatoms. The van der Waals surface area contributed by atoms with E-state index in [1.807, 2.05) is 6.92 Å². The van der Waals surface area contributed by atoms with Gasteiger partial charge in [0.15, 0.2) is 0 Å². The quantitative estimate of drug-likeness (QED) is 0.620. The number of aryl methyl sites for hydroxylation is 1. The van der Waals surface area contributed by atoms with Gasteiger partial charge in [0.05, 0.1) is 17.5 Å². The maximum absolute atomic E-state index is 12.5. The molecule has 1 unspecified atom stereocenters. The van der Waals surface area contributed by atoms with E-state index in [0.29, 0.717) is 4.90 Å². The van der Waals surface area contributed by atoms with Gasteiger partial charge < -0.3 is 5.11 Å². The van der Waals surface area contributed by atoms with Crippen LogP contribution in [0.1, 0.15) is 38.2 Å². The van der Waals surface area contributed by atoms with Gasteiger partial charge in [0.25, 0.3) is 0 Å². The minimum atomic E-state index is -3.46. The lowest BCUT2D eigenvalue weighted by molar-refractivity contribution is 0.286. The van der Waals surface area contributed by atoms with Gasteiger partial charge in [0.1, 0.15) is 0 Å². The monoisotopic (exact) mass is 297 g/mol. The number of rotatable bonds is 7. The highest BCUT2D eigenvalue weighted by Gasteiger charge is 2.54. The second-order valence-corrected chi connectivity index (χ2v) is 7.30. The Balaban J connectivity index is 2.11. The number of unbranched alkanes of at least 4 members (excludes halogenated alkanes) is 2. The molecule has 1 saturated heterocycles. The van der Waals surface area contributed by atoms with Crippen LogP contribution in [0.2, 0.25) is 0 Å². The zero-order chi connectivity index (χ0) is 14.8. The lowest BCUT2D eigenvalue weighted by atomic mass is 10.1. The van der Waals surface area contributed by atoms with Crippen LogP contribution < -0.4 is 0 Å². The summed E-state index contributed by atoms with van der Waals surface area (Å²) < 4.78 is 26.5. The van der Waals surface area contributed by atoms with E-state index in [1.54, 1.807) is 24.3 Å². The molecule has 1 aliphatic rings. The van der Waals surface area contributed by atoms with E-state index >= 15 is 0 Å². The predicted octanol–water partition coefficient (Wildman–Crippen LogP) is 2.31. The Kier molecular flexibility index (Phi) is 4.83. The highest BCUT2D eigenvalue weighted by atomic mass is 32.2. The Hall–Kier alpha value is -0.910. The van der Waals surface area contributed by atoms with Crippen LogP contribution in [0.5, 0.6) is 0 Å². The van der Waals surface area contributed by atoms with Crippen molar-refractivity contribution in [2.24, 2.45) is 0 Å². The number of benzene rings is 1. The van der Waals surface area contributed by atoms with Gasteiger partial charge in [-0.1, -0.05) is 43.9 Å². The molecule has 2 rings (SSSR count). The highest BCUT2D eigenvalue weighted by molar-refractivity contribution is 7.89. The first-order chi connectivity index (χ1) is 9.52. The van der Waals surface area contributed by atoms with Crippen molar-refractivity contribution in [3.8, 4) is 0 Å². The Morgan fingerprint density at radius 1 is 1.15 bits per heavy atom. The first-order valence-corrected chi connectivity index (χ1v) is 8.67. The van der Waals surface area contributed by atoms with Gasteiger partial charge in [0.2, 0.25) is 10.0 Å². The van der Waals surface area contributed by atoms with E-state index in [2.05, 4.69) is 6.92 Å². The minimum Gasteiger partial charge on any atom is -0.395 e. The summed E-state index contributed by atoms with van der Waals surface area (Å²) in [6, 6.07) is 6.62. The van der Waals surface area contributed by atoms with Crippen LogP contribution in [0.25, 0.3) is 0 Å². The smallest absolute Gasteiger partial charge is 0.243 e. The first kappa shape index (κ1) is 15.5. The Bertz CT molecular complexity index is 539.